The standard InChI is InChI=1S/C17H24N4O/c1-2-3-6-11-21-12-8-14(9-13-21)17-19-16(20-22-17)15-7-4-5-10-18-15/h4-5,7,10,14H,2-3,6,8-9,11-13H2,1H3. The predicted molar refractivity (Wildman–Crippen MR) is 85.5 cm³/mol. The van der Waals surface area contributed by atoms with Crippen molar-refractivity contribution in [3.8, 4) is 11.5 Å². The minimum absolute atomic E-state index is 0.396. The summed E-state index contributed by atoms with van der Waals surface area (Å²) in [5.41, 5.74) is 0.773. The molecule has 0 amide bonds. The topological polar surface area (TPSA) is 55.1 Å². The number of rotatable bonds is 6. The minimum Gasteiger partial charge on any atom is -0.339 e. The van der Waals surface area contributed by atoms with Crippen molar-refractivity contribution in [1.29, 1.82) is 0 Å². The second-order valence-corrected chi connectivity index (χ2v) is 5.99. The van der Waals surface area contributed by atoms with Gasteiger partial charge in [-0.2, -0.15) is 4.98 Å². The molecule has 0 radical (unpaired) electrons. The van der Waals surface area contributed by atoms with Crippen LogP contribution in [0.4, 0.5) is 0 Å². The lowest BCUT2D eigenvalue weighted by Gasteiger charge is -2.30. The van der Waals surface area contributed by atoms with Crippen LogP contribution in [-0.4, -0.2) is 39.7 Å². The van der Waals surface area contributed by atoms with Gasteiger partial charge in [0.15, 0.2) is 0 Å². The highest BCUT2D eigenvalue weighted by atomic mass is 16.5. The van der Waals surface area contributed by atoms with E-state index in [2.05, 4.69) is 26.9 Å². The van der Waals surface area contributed by atoms with Crippen molar-refractivity contribution in [2.24, 2.45) is 0 Å². The molecule has 5 nitrogen and oxygen atoms in total. The molecular formula is C17H24N4O. The van der Waals surface area contributed by atoms with Crippen LogP contribution in [0.2, 0.25) is 0 Å². The lowest BCUT2D eigenvalue weighted by molar-refractivity contribution is 0.191. The lowest BCUT2D eigenvalue weighted by atomic mass is 9.96. The Bertz CT molecular complexity index is 561. The number of hydrogen-bond donors (Lipinski definition) is 0. The molecule has 2 aromatic heterocycles. The lowest BCUT2D eigenvalue weighted by Crippen LogP contribution is -2.33. The van der Waals surface area contributed by atoms with Gasteiger partial charge in [-0.3, -0.25) is 4.98 Å². The van der Waals surface area contributed by atoms with Gasteiger partial charge in [0.05, 0.1) is 0 Å². The summed E-state index contributed by atoms with van der Waals surface area (Å²) >= 11 is 0. The van der Waals surface area contributed by atoms with E-state index >= 15 is 0 Å². The van der Waals surface area contributed by atoms with Crippen molar-refractivity contribution < 1.29 is 4.52 Å². The normalized spacial score (nSPS) is 17.0. The largest absolute Gasteiger partial charge is 0.339 e. The number of piperidine rings is 1. The molecule has 22 heavy (non-hydrogen) atoms. The Morgan fingerprint density at radius 1 is 1.23 bits per heavy atom. The first-order valence-corrected chi connectivity index (χ1v) is 8.34. The summed E-state index contributed by atoms with van der Waals surface area (Å²) in [4.78, 5) is 11.4. The number of pyridine rings is 1. The van der Waals surface area contributed by atoms with Crippen molar-refractivity contribution in [2.45, 2.75) is 44.9 Å². The van der Waals surface area contributed by atoms with Gasteiger partial charge in [-0.25, -0.2) is 0 Å². The summed E-state index contributed by atoms with van der Waals surface area (Å²) in [7, 11) is 0. The maximum absolute atomic E-state index is 5.47. The maximum Gasteiger partial charge on any atom is 0.230 e. The fraction of sp³-hybridized carbons (Fsp3) is 0.588. The van der Waals surface area contributed by atoms with Crippen LogP contribution < -0.4 is 0 Å². The first-order valence-electron chi connectivity index (χ1n) is 8.34. The van der Waals surface area contributed by atoms with Crippen molar-refractivity contribution >= 4 is 0 Å². The van der Waals surface area contributed by atoms with Gasteiger partial charge in [0.1, 0.15) is 5.69 Å². The quantitative estimate of drug-likeness (QED) is 0.764. The molecular weight excluding hydrogens is 276 g/mol. The Morgan fingerprint density at radius 3 is 2.82 bits per heavy atom. The number of aromatic nitrogens is 3. The fourth-order valence-corrected chi connectivity index (χ4v) is 2.99. The maximum atomic E-state index is 5.47. The van der Waals surface area contributed by atoms with Crippen LogP contribution in [0.1, 0.15) is 50.8 Å². The number of nitrogens with zero attached hydrogens (tertiary/aromatic N) is 4. The third-order valence-electron chi connectivity index (χ3n) is 4.35. The molecule has 5 heteroatoms. The van der Waals surface area contributed by atoms with Gasteiger partial charge >= 0.3 is 0 Å². The van der Waals surface area contributed by atoms with Crippen LogP contribution in [0.3, 0.4) is 0 Å². The Hall–Kier alpha value is -1.75. The monoisotopic (exact) mass is 300 g/mol. The molecule has 0 spiro atoms. The summed E-state index contributed by atoms with van der Waals surface area (Å²) in [6.45, 7) is 5.75. The van der Waals surface area contributed by atoms with Gasteiger partial charge in [0.2, 0.25) is 11.7 Å². The van der Waals surface area contributed by atoms with E-state index in [4.69, 9.17) is 4.52 Å². The first-order chi connectivity index (χ1) is 10.9. The molecule has 0 N–H and O–H groups in total. The van der Waals surface area contributed by atoms with Gasteiger partial charge in [0, 0.05) is 12.1 Å². The van der Waals surface area contributed by atoms with Crippen LogP contribution in [0.25, 0.3) is 11.5 Å². The molecule has 118 valence electrons. The molecule has 0 unspecified atom stereocenters. The second kappa shape index (κ2) is 7.49. The van der Waals surface area contributed by atoms with Gasteiger partial charge in [0.25, 0.3) is 0 Å². The Balaban J connectivity index is 1.55. The van der Waals surface area contributed by atoms with E-state index in [0.29, 0.717) is 11.7 Å². The molecule has 1 fully saturated rings. The van der Waals surface area contributed by atoms with Crippen LogP contribution in [0.15, 0.2) is 28.9 Å². The van der Waals surface area contributed by atoms with E-state index < -0.39 is 0 Å². The van der Waals surface area contributed by atoms with Crippen molar-refractivity contribution in [1.82, 2.24) is 20.0 Å². The first kappa shape index (κ1) is 15.2. The van der Waals surface area contributed by atoms with E-state index in [1.165, 1.54) is 25.8 Å². The summed E-state index contributed by atoms with van der Waals surface area (Å²) in [5.74, 6) is 1.77. The summed E-state index contributed by atoms with van der Waals surface area (Å²) < 4.78 is 5.47. The average molecular weight is 300 g/mol. The molecule has 2 aromatic rings. The number of hydrogen-bond acceptors (Lipinski definition) is 5. The van der Waals surface area contributed by atoms with Gasteiger partial charge in [-0.05, 0) is 51.0 Å². The van der Waals surface area contributed by atoms with Crippen LogP contribution in [-0.2, 0) is 0 Å². The predicted octanol–water partition coefficient (Wildman–Crippen LogP) is 3.50. The molecule has 1 aliphatic rings. The summed E-state index contributed by atoms with van der Waals surface area (Å²) in [6, 6.07) is 5.73. The molecule has 1 saturated heterocycles. The highest BCUT2D eigenvalue weighted by Gasteiger charge is 2.25. The minimum atomic E-state index is 0.396. The molecule has 0 atom stereocenters. The third kappa shape index (κ3) is 3.71. The molecule has 0 bridgehead atoms. The van der Waals surface area contributed by atoms with Gasteiger partial charge in [-0.1, -0.05) is 31.0 Å². The van der Waals surface area contributed by atoms with E-state index in [9.17, 15) is 0 Å². The van der Waals surface area contributed by atoms with Gasteiger partial charge < -0.3 is 9.42 Å². The van der Waals surface area contributed by atoms with Crippen molar-refractivity contribution in [2.75, 3.05) is 19.6 Å². The molecule has 3 rings (SSSR count). The van der Waals surface area contributed by atoms with Crippen molar-refractivity contribution in [3.63, 3.8) is 0 Å². The highest BCUT2D eigenvalue weighted by molar-refractivity contribution is 5.47. The summed E-state index contributed by atoms with van der Waals surface area (Å²) in [6.07, 6.45) is 7.89. The number of unbranched alkanes of at least 4 members (excludes halogenated alkanes) is 2. The van der Waals surface area contributed by atoms with E-state index in [-0.39, 0.29) is 0 Å². The Labute approximate surface area is 131 Å². The second-order valence-electron chi connectivity index (χ2n) is 5.99. The zero-order chi connectivity index (χ0) is 15.2. The Kier molecular flexibility index (Phi) is 5.16. The number of likely N-dealkylation sites (tertiary alicyclic amines) is 1. The van der Waals surface area contributed by atoms with Crippen LogP contribution >= 0.6 is 0 Å². The smallest absolute Gasteiger partial charge is 0.230 e. The molecule has 0 aromatic carbocycles. The van der Waals surface area contributed by atoms with E-state index in [1.807, 2.05) is 18.2 Å². The Morgan fingerprint density at radius 2 is 2.09 bits per heavy atom. The van der Waals surface area contributed by atoms with Crippen LogP contribution in [0, 0.1) is 0 Å². The highest BCUT2D eigenvalue weighted by Crippen LogP contribution is 2.28. The molecule has 3 heterocycles. The van der Waals surface area contributed by atoms with E-state index in [1.54, 1.807) is 6.20 Å². The average Bonchev–Trinajstić information content (AvgIpc) is 3.07. The molecule has 1 aliphatic heterocycles. The van der Waals surface area contributed by atoms with E-state index in [0.717, 1.165) is 37.5 Å². The van der Waals surface area contributed by atoms with Crippen LogP contribution in [0.5, 0.6) is 0 Å². The SMILES string of the molecule is CCCCCN1CCC(c2nc(-c3ccccn3)no2)CC1. The zero-order valence-corrected chi connectivity index (χ0v) is 13.2. The molecule has 0 saturated carbocycles. The van der Waals surface area contributed by atoms with Gasteiger partial charge in [-0.15, -0.1) is 0 Å². The summed E-state index contributed by atoms with van der Waals surface area (Å²) in [5, 5.41) is 4.08. The van der Waals surface area contributed by atoms with Crippen molar-refractivity contribution in [3.05, 3.63) is 30.3 Å². The zero-order valence-electron chi connectivity index (χ0n) is 13.2. The third-order valence-corrected chi connectivity index (χ3v) is 4.35. The fourth-order valence-electron chi connectivity index (χ4n) is 2.99. The molecule has 0 aliphatic carbocycles.